The summed E-state index contributed by atoms with van der Waals surface area (Å²) in [5.41, 5.74) is 4.04. The molecule has 2 aromatic carbocycles. The summed E-state index contributed by atoms with van der Waals surface area (Å²) in [5, 5.41) is 0. The highest BCUT2D eigenvalue weighted by molar-refractivity contribution is 5.65. The SMILES string of the molecule is COc1cc(N(C)C)cc2c1Cc1c(OC)cc(N(C)C)cc1OCCO2. The Bertz CT molecular complexity index is 751. The highest BCUT2D eigenvalue weighted by Gasteiger charge is 2.22. The standard InChI is InChI=1S/C21H28N2O4/c1-22(2)14-9-18(24-5)16-13-17-19(25-6)10-15(23(3)4)12-21(17)27-8-7-26-20(16)11-14/h9-12H,7-8,13H2,1-6H3. The largest absolute Gasteiger partial charge is 0.496 e. The Kier molecular flexibility index (Phi) is 5.54. The minimum absolute atomic E-state index is 0.459. The first-order valence-corrected chi connectivity index (χ1v) is 8.96. The maximum atomic E-state index is 6.04. The van der Waals surface area contributed by atoms with E-state index in [-0.39, 0.29) is 0 Å². The first-order valence-electron chi connectivity index (χ1n) is 8.96. The van der Waals surface area contributed by atoms with Gasteiger partial charge in [0.15, 0.2) is 0 Å². The lowest BCUT2D eigenvalue weighted by Crippen LogP contribution is -2.12. The molecule has 6 heteroatoms. The number of anilines is 2. The predicted molar refractivity (Wildman–Crippen MR) is 108 cm³/mol. The van der Waals surface area contributed by atoms with Gasteiger partial charge in [-0.15, -0.1) is 0 Å². The molecule has 146 valence electrons. The van der Waals surface area contributed by atoms with Crippen LogP contribution in [0.15, 0.2) is 24.3 Å². The molecule has 1 heterocycles. The molecule has 0 spiro atoms. The third kappa shape index (κ3) is 3.84. The summed E-state index contributed by atoms with van der Waals surface area (Å²) in [6.45, 7) is 0.919. The van der Waals surface area contributed by atoms with Crippen LogP contribution >= 0.6 is 0 Å². The lowest BCUT2D eigenvalue weighted by Gasteiger charge is -2.21. The topological polar surface area (TPSA) is 43.4 Å². The van der Waals surface area contributed by atoms with Crippen molar-refractivity contribution in [3.63, 3.8) is 0 Å². The van der Waals surface area contributed by atoms with E-state index in [4.69, 9.17) is 18.9 Å². The second-order valence-electron chi connectivity index (χ2n) is 6.91. The summed E-state index contributed by atoms with van der Waals surface area (Å²) in [6.07, 6.45) is 0.596. The second kappa shape index (κ2) is 7.86. The highest BCUT2D eigenvalue weighted by atomic mass is 16.5. The first kappa shape index (κ1) is 19.0. The van der Waals surface area contributed by atoms with Crippen LogP contribution in [0, 0.1) is 0 Å². The lowest BCUT2D eigenvalue weighted by atomic mass is 9.99. The maximum absolute atomic E-state index is 6.04. The van der Waals surface area contributed by atoms with Crippen LogP contribution in [0.3, 0.4) is 0 Å². The van der Waals surface area contributed by atoms with Crippen molar-refractivity contribution in [2.75, 3.05) is 65.4 Å². The molecule has 3 rings (SSSR count). The van der Waals surface area contributed by atoms with E-state index in [2.05, 4.69) is 0 Å². The van der Waals surface area contributed by atoms with Crippen LogP contribution in [0.25, 0.3) is 0 Å². The number of benzene rings is 2. The van der Waals surface area contributed by atoms with Gasteiger partial charge in [-0.3, -0.25) is 0 Å². The first-order chi connectivity index (χ1) is 12.9. The average molecular weight is 372 g/mol. The second-order valence-corrected chi connectivity index (χ2v) is 6.91. The van der Waals surface area contributed by atoms with Crippen LogP contribution in [-0.2, 0) is 6.42 Å². The average Bonchev–Trinajstić information content (AvgIpc) is 2.74. The summed E-state index contributed by atoms with van der Waals surface area (Å²) in [4.78, 5) is 4.07. The zero-order valence-corrected chi connectivity index (χ0v) is 17.0. The summed E-state index contributed by atoms with van der Waals surface area (Å²) >= 11 is 0. The summed E-state index contributed by atoms with van der Waals surface area (Å²) in [7, 11) is 11.4. The van der Waals surface area contributed by atoms with Crippen LogP contribution in [-0.4, -0.2) is 55.6 Å². The molecule has 0 fully saturated rings. The van der Waals surface area contributed by atoms with E-state index in [1.165, 1.54) is 0 Å². The van der Waals surface area contributed by atoms with Gasteiger partial charge < -0.3 is 28.7 Å². The molecule has 0 radical (unpaired) electrons. The van der Waals surface area contributed by atoms with Crippen molar-refractivity contribution in [1.29, 1.82) is 0 Å². The number of hydrogen-bond donors (Lipinski definition) is 0. The number of methoxy groups -OCH3 is 2. The molecular weight excluding hydrogens is 344 g/mol. The Labute approximate surface area is 161 Å². The number of ether oxygens (including phenoxy) is 4. The van der Waals surface area contributed by atoms with Gasteiger partial charge >= 0.3 is 0 Å². The summed E-state index contributed by atoms with van der Waals surface area (Å²) in [6, 6.07) is 8.15. The van der Waals surface area contributed by atoms with Gasteiger partial charge in [0.2, 0.25) is 0 Å². The van der Waals surface area contributed by atoms with E-state index >= 15 is 0 Å². The molecule has 0 aromatic heterocycles. The Morgan fingerprint density at radius 3 is 1.44 bits per heavy atom. The molecule has 2 aromatic rings. The van der Waals surface area contributed by atoms with Gasteiger partial charge in [-0.1, -0.05) is 0 Å². The normalized spacial score (nSPS) is 13.0. The van der Waals surface area contributed by atoms with Crippen LogP contribution in [0.5, 0.6) is 23.0 Å². The third-order valence-electron chi connectivity index (χ3n) is 4.73. The molecule has 0 saturated carbocycles. The fourth-order valence-electron chi connectivity index (χ4n) is 3.18. The van der Waals surface area contributed by atoms with E-state index in [1.807, 2.05) is 62.3 Å². The highest BCUT2D eigenvalue weighted by Crippen LogP contribution is 2.42. The van der Waals surface area contributed by atoms with Gasteiger partial charge in [0.05, 0.1) is 14.2 Å². The minimum atomic E-state index is 0.459. The quantitative estimate of drug-likeness (QED) is 0.821. The molecule has 0 unspecified atom stereocenters. The van der Waals surface area contributed by atoms with Crippen molar-refractivity contribution in [1.82, 2.24) is 0 Å². The lowest BCUT2D eigenvalue weighted by molar-refractivity contribution is 0.217. The zero-order valence-electron chi connectivity index (χ0n) is 17.0. The summed E-state index contributed by atoms with van der Waals surface area (Å²) in [5.74, 6) is 3.21. The molecule has 1 aliphatic rings. The van der Waals surface area contributed by atoms with Crippen molar-refractivity contribution >= 4 is 11.4 Å². The molecule has 6 nitrogen and oxygen atoms in total. The number of nitrogens with zero attached hydrogens (tertiary/aromatic N) is 2. The third-order valence-corrected chi connectivity index (χ3v) is 4.73. The van der Waals surface area contributed by atoms with Gasteiger partial charge in [0.1, 0.15) is 36.2 Å². The van der Waals surface area contributed by atoms with E-state index in [0.29, 0.717) is 19.6 Å². The van der Waals surface area contributed by atoms with Crippen LogP contribution < -0.4 is 28.7 Å². The molecule has 0 bridgehead atoms. The van der Waals surface area contributed by atoms with E-state index in [1.54, 1.807) is 14.2 Å². The van der Waals surface area contributed by atoms with Crippen LogP contribution in [0.4, 0.5) is 11.4 Å². The van der Waals surface area contributed by atoms with Crippen LogP contribution in [0.1, 0.15) is 11.1 Å². The molecule has 0 aliphatic carbocycles. The van der Waals surface area contributed by atoms with Gasteiger partial charge in [0.25, 0.3) is 0 Å². The Morgan fingerprint density at radius 1 is 0.704 bits per heavy atom. The van der Waals surface area contributed by atoms with E-state index in [9.17, 15) is 0 Å². The summed E-state index contributed by atoms with van der Waals surface area (Å²) < 4.78 is 23.5. The zero-order chi connectivity index (χ0) is 19.6. The van der Waals surface area contributed by atoms with Gasteiger partial charge in [-0.25, -0.2) is 0 Å². The molecule has 0 saturated heterocycles. The number of fused-ring (bicyclic) bond motifs is 2. The minimum Gasteiger partial charge on any atom is -0.496 e. The van der Waals surface area contributed by atoms with E-state index < -0.39 is 0 Å². The Balaban J connectivity index is 2.17. The Hall–Kier alpha value is -2.76. The molecular formula is C21H28N2O4. The monoisotopic (exact) mass is 372 g/mol. The fourth-order valence-corrected chi connectivity index (χ4v) is 3.18. The van der Waals surface area contributed by atoms with Gasteiger partial charge in [0, 0.05) is 81.4 Å². The van der Waals surface area contributed by atoms with Gasteiger partial charge in [-0.05, 0) is 0 Å². The van der Waals surface area contributed by atoms with Crippen LogP contribution in [0.2, 0.25) is 0 Å². The van der Waals surface area contributed by atoms with Crippen molar-refractivity contribution in [2.45, 2.75) is 6.42 Å². The molecule has 0 N–H and O–H groups in total. The van der Waals surface area contributed by atoms with Crippen molar-refractivity contribution < 1.29 is 18.9 Å². The Morgan fingerprint density at radius 2 is 1.11 bits per heavy atom. The number of hydrogen-bond acceptors (Lipinski definition) is 6. The predicted octanol–water partition coefficient (Wildman–Crippen LogP) is 3.20. The fraction of sp³-hybridized carbons (Fsp3) is 0.429. The molecule has 27 heavy (non-hydrogen) atoms. The number of rotatable bonds is 4. The van der Waals surface area contributed by atoms with Crippen molar-refractivity contribution in [3.05, 3.63) is 35.4 Å². The van der Waals surface area contributed by atoms with E-state index in [0.717, 1.165) is 45.5 Å². The van der Waals surface area contributed by atoms with Gasteiger partial charge in [-0.2, -0.15) is 0 Å². The smallest absolute Gasteiger partial charge is 0.128 e. The van der Waals surface area contributed by atoms with Crippen molar-refractivity contribution in [3.8, 4) is 23.0 Å². The molecule has 1 aliphatic heterocycles. The van der Waals surface area contributed by atoms with Crippen molar-refractivity contribution in [2.24, 2.45) is 0 Å². The maximum Gasteiger partial charge on any atom is 0.128 e. The molecule has 0 amide bonds. The molecule has 0 atom stereocenters.